The smallest absolute Gasteiger partial charge is 0.318 e. The minimum absolute atomic E-state index is 0.0942. The summed E-state index contributed by atoms with van der Waals surface area (Å²) in [6, 6.07) is 0.307. The van der Waals surface area contributed by atoms with Gasteiger partial charge in [0.25, 0.3) is 0 Å². The number of nitrogens with one attached hydrogen (secondary N) is 1. The van der Waals surface area contributed by atoms with Gasteiger partial charge in [0.2, 0.25) is 0 Å². The van der Waals surface area contributed by atoms with E-state index in [1.807, 2.05) is 20.8 Å². The van der Waals surface area contributed by atoms with Gasteiger partial charge in [0.05, 0.1) is 13.3 Å². The van der Waals surface area contributed by atoms with Crippen LogP contribution in [0.15, 0.2) is 6.20 Å². The number of halogens is 1. The number of aromatic nitrogens is 2. The Morgan fingerprint density at radius 3 is 2.57 bits per heavy atom. The number of nitrogens with zero attached hydrogens (tertiary/aromatic N) is 2. The predicted octanol–water partition coefficient (Wildman–Crippen LogP) is 2.35. The van der Waals surface area contributed by atoms with Crippen LogP contribution in [0.25, 0.3) is 0 Å². The molecule has 1 aromatic rings. The van der Waals surface area contributed by atoms with Crippen molar-refractivity contribution in [2.24, 2.45) is 0 Å². The summed E-state index contributed by atoms with van der Waals surface area (Å²) in [7, 11) is 1.52. The third kappa shape index (κ3) is 3.03. The molecule has 0 saturated carbocycles. The van der Waals surface area contributed by atoms with Gasteiger partial charge in [-0.2, -0.15) is 4.98 Å². The van der Waals surface area contributed by atoms with Crippen LogP contribution >= 0.6 is 11.6 Å². The van der Waals surface area contributed by atoms with E-state index in [1.165, 1.54) is 13.3 Å². The van der Waals surface area contributed by atoms with Gasteiger partial charge in [-0.05, 0) is 20.8 Å². The summed E-state index contributed by atoms with van der Waals surface area (Å²) in [6.07, 6.45) is 1.52. The first-order valence-electron chi connectivity index (χ1n) is 4.27. The lowest BCUT2D eigenvalue weighted by Gasteiger charge is -2.21. The number of rotatable bonds is 2. The van der Waals surface area contributed by atoms with Gasteiger partial charge < -0.3 is 10.1 Å². The highest BCUT2D eigenvalue weighted by atomic mass is 35.5. The van der Waals surface area contributed by atoms with E-state index in [0.717, 1.165) is 0 Å². The standard InChI is InChI=1S/C9H14ClN3O/c1-9(2,3)13-7-6(10)5-11-8(12-7)14-4/h5H,1-4H3,(H,11,12,13). The number of hydrogen-bond donors (Lipinski definition) is 1. The van der Waals surface area contributed by atoms with Crippen LogP contribution in [0.5, 0.6) is 6.01 Å². The number of hydrogen-bond acceptors (Lipinski definition) is 4. The fraction of sp³-hybridized carbons (Fsp3) is 0.556. The minimum atomic E-state index is -0.0942. The van der Waals surface area contributed by atoms with Gasteiger partial charge in [0, 0.05) is 5.54 Å². The lowest BCUT2D eigenvalue weighted by atomic mass is 10.1. The molecule has 1 N–H and O–H groups in total. The Morgan fingerprint density at radius 2 is 2.07 bits per heavy atom. The number of ether oxygens (including phenoxy) is 1. The van der Waals surface area contributed by atoms with E-state index in [0.29, 0.717) is 16.9 Å². The van der Waals surface area contributed by atoms with Gasteiger partial charge >= 0.3 is 6.01 Å². The Bertz CT molecular complexity index is 322. The summed E-state index contributed by atoms with van der Waals surface area (Å²) in [5, 5.41) is 3.65. The molecule has 0 spiro atoms. The number of anilines is 1. The van der Waals surface area contributed by atoms with Crippen LogP contribution in [0.4, 0.5) is 5.82 Å². The van der Waals surface area contributed by atoms with Crippen LogP contribution in [-0.2, 0) is 0 Å². The Balaban J connectivity index is 2.95. The van der Waals surface area contributed by atoms with Crippen LogP contribution in [0, 0.1) is 0 Å². The number of methoxy groups -OCH3 is 1. The Labute approximate surface area is 88.7 Å². The first-order valence-corrected chi connectivity index (χ1v) is 4.65. The van der Waals surface area contributed by atoms with Gasteiger partial charge in [-0.3, -0.25) is 0 Å². The lowest BCUT2D eigenvalue weighted by molar-refractivity contribution is 0.380. The lowest BCUT2D eigenvalue weighted by Crippen LogP contribution is -2.27. The van der Waals surface area contributed by atoms with Crippen molar-refractivity contribution >= 4 is 17.4 Å². The maximum atomic E-state index is 5.92. The van der Waals surface area contributed by atoms with Crippen molar-refractivity contribution in [3.63, 3.8) is 0 Å². The molecular weight excluding hydrogens is 202 g/mol. The summed E-state index contributed by atoms with van der Waals surface area (Å²) >= 11 is 5.92. The maximum Gasteiger partial charge on any atom is 0.318 e. The van der Waals surface area contributed by atoms with Crippen LogP contribution in [0.2, 0.25) is 5.02 Å². The minimum Gasteiger partial charge on any atom is -0.467 e. The van der Waals surface area contributed by atoms with Gasteiger partial charge in [-0.15, -0.1) is 0 Å². The summed E-state index contributed by atoms with van der Waals surface area (Å²) in [5.41, 5.74) is -0.0942. The van der Waals surface area contributed by atoms with Crippen molar-refractivity contribution in [2.75, 3.05) is 12.4 Å². The molecule has 0 amide bonds. The van der Waals surface area contributed by atoms with Gasteiger partial charge in [0.15, 0.2) is 5.82 Å². The summed E-state index contributed by atoms with van der Waals surface area (Å²) < 4.78 is 4.90. The van der Waals surface area contributed by atoms with Crippen molar-refractivity contribution in [1.29, 1.82) is 0 Å². The summed E-state index contributed by atoms with van der Waals surface area (Å²) in [5.74, 6) is 0.589. The molecule has 0 radical (unpaired) electrons. The first-order chi connectivity index (χ1) is 6.42. The highest BCUT2D eigenvalue weighted by Gasteiger charge is 2.13. The van der Waals surface area contributed by atoms with E-state index in [2.05, 4.69) is 15.3 Å². The molecule has 0 bridgehead atoms. The molecule has 0 aliphatic carbocycles. The predicted molar refractivity (Wildman–Crippen MR) is 57.0 cm³/mol. The summed E-state index contributed by atoms with van der Waals surface area (Å²) in [6.45, 7) is 6.08. The second-order valence-electron chi connectivity index (χ2n) is 3.93. The average Bonchev–Trinajstić information content (AvgIpc) is 2.06. The summed E-state index contributed by atoms with van der Waals surface area (Å²) in [4.78, 5) is 7.98. The van der Waals surface area contributed by atoms with E-state index in [1.54, 1.807) is 0 Å². The molecule has 0 saturated heterocycles. The molecular formula is C9H14ClN3O. The van der Waals surface area contributed by atoms with Crippen LogP contribution < -0.4 is 10.1 Å². The van der Waals surface area contributed by atoms with E-state index < -0.39 is 0 Å². The second-order valence-corrected chi connectivity index (χ2v) is 4.34. The first kappa shape index (κ1) is 11.0. The Morgan fingerprint density at radius 1 is 1.43 bits per heavy atom. The van der Waals surface area contributed by atoms with E-state index in [9.17, 15) is 0 Å². The van der Waals surface area contributed by atoms with Crippen LogP contribution in [-0.4, -0.2) is 22.6 Å². The van der Waals surface area contributed by atoms with E-state index in [4.69, 9.17) is 16.3 Å². The highest BCUT2D eigenvalue weighted by Crippen LogP contribution is 2.23. The van der Waals surface area contributed by atoms with Gasteiger partial charge in [0.1, 0.15) is 5.02 Å². The maximum absolute atomic E-state index is 5.92. The molecule has 0 atom stereocenters. The van der Waals surface area contributed by atoms with Gasteiger partial charge in [-0.1, -0.05) is 11.6 Å². The zero-order chi connectivity index (χ0) is 10.8. The third-order valence-electron chi connectivity index (χ3n) is 1.40. The molecule has 0 fully saturated rings. The van der Waals surface area contributed by atoms with Crippen molar-refractivity contribution < 1.29 is 4.74 Å². The average molecular weight is 216 g/mol. The zero-order valence-electron chi connectivity index (χ0n) is 8.76. The molecule has 0 unspecified atom stereocenters. The quantitative estimate of drug-likeness (QED) is 0.823. The van der Waals surface area contributed by atoms with Crippen molar-refractivity contribution in [3.8, 4) is 6.01 Å². The topological polar surface area (TPSA) is 47.0 Å². The fourth-order valence-corrected chi connectivity index (χ4v) is 1.03. The largest absolute Gasteiger partial charge is 0.467 e. The third-order valence-corrected chi connectivity index (χ3v) is 1.67. The molecule has 1 heterocycles. The monoisotopic (exact) mass is 215 g/mol. The zero-order valence-corrected chi connectivity index (χ0v) is 9.51. The van der Waals surface area contributed by atoms with Crippen molar-refractivity contribution in [2.45, 2.75) is 26.3 Å². The normalized spacial score (nSPS) is 11.2. The SMILES string of the molecule is COc1ncc(Cl)c(NC(C)(C)C)n1. The van der Waals surface area contributed by atoms with Crippen molar-refractivity contribution in [3.05, 3.63) is 11.2 Å². The van der Waals surface area contributed by atoms with Crippen molar-refractivity contribution in [1.82, 2.24) is 9.97 Å². The van der Waals surface area contributed by atoms with E-state index in [-0.39, 0.29) is 5.54 Å². The fourth-order valence-electron chi connectivity index (χ4n) is 0.892. The molecule has 0 aliphatic rings. The van der Waals surface area contributed by atoms with Crippen LogP contribution in [0.1, 0.15) is 20.8 Å². The molecule has 4 nitrogen and oxygen atoms in total. The van der Waals surface area contributed by atoms with Crippen LogP contribution in [0.3, 0.4) is 0 Å². The molecule has 1 rings (SSSR count). The highest BCUT2D eigenvalue weighted by molar-refractivity contribution is 6.32. The molecule has 0 aliphatic heterocycles. The molecule has 1 aromatic heterocycles. The Hall–Kier alpha value is -1.03. The van der Waals surface area contributed by atoms with E-state index >= 15 is 0 Å². The second kappa shape index (κ2) is 4.00. The van der Waals surface area contributed by atoms with Gasteiger partial charge in [-0.25, -0.2) is 4.98 Å². The molecule has 14 heavy (non-hydrogen) atoms. The molecule has 78 valence electrons. The molecule has 5 heteroatoms. The molecule has 0 aromatic carbocycles. The Kier molecular flexibility index (Phi) is 3.16.